The average Bonchev–Trinajstić information content (AvgIpc) is 2.43. The second kappa shape index (κ2) is 6.95. The van der Waals surface area contributed by atoms with Gasteiger partial charge in [0.25, 0.3) is 0 Å². The SMILES string of the molecule is CCCN(Cc1ccccc1)Cc1ccccc1N. The van der Waals surface area contributed by atoms with E-state index in [1.54, 1.807) is 0 Å². The molecule has 0 saturated heterocycles. The molecule has 2 heteroatoms. The number of nitrogen functional groups attached to an aromatic ring is 1. The Morgan fingerprint density at radius 1 is 0.895 bits per heavy atom. The summed E-state index contributed by atoms with van der Waals surface area (Å²) in [6, 6.07) is 18.7. The third-order valence-electron chi connectivity index (χ3n) is 3.24. The Labute approximate surface area is 115 Å². The molecule has 0 fully saturated rings. The predicted molar refractivity (Wildman–Crippen MR) is 81.7 cm³/mol. The van der Waals surface area contributed by atoms with Crippen molar-refractivity contribution in [1.82, 2.24) is 4.90 Å². The van der Waals surface area contributed by atoms with Gasteiger partial charge < -0.3 is 5.73 Å². The first-order valence-electron chi connectivity index (χ1n) is 6.89. The maximum Gasteiger partial charge on any atom is 0.0359 e. The van der Waals surface area contributed by atoms with Crippen LogP contribution in [-0.4, -0.2) is 11.4 Å². The zero-order valence-corrected chi connectivity index (χ0v) is 11.5. The standard InChI is InChI=1S/C17H22N2/c1-2-12-19(13-15-8-4-3-5-9-15)14-16-10-6-7-11-17(16)18/h3-11H,2,12-14,18H2,1H3. The minimum atomic E-state index is 0.886. The molecule has 2 nitrogen and oxygen atoms in total. The molecule has 0 radical (unpaired) electrons. The highest BCUT2D eigenvalue weighted by atomic mass is 15.1. The van der Waals surface area contributed by atoms with Gasteiger partial charge in [0.05, 0.1) is 0 Å². The quantitative estimate of drug-likeness (QED) is 0.797. The fraction of sp³-hybridized carbons (Fsp3) is 0.294. The van der Waals surface area contributed by atoms with Crippen molar-refractivity contribution in [2.75, 3.05) is 12.3 Å². The Kier molecular flexibility index (Phi) is 4.99. The van der Waals surface area contributed by atoms with Crippen LogP contribution in [0.3, 0.4) is 0 Å². The van der Waals surface area contributed by atoms with Crippen LogP contribution in [0.25, 0.3) is 0 Å². The third-order valence-corrected chi connectivity index (χ3v) is 3.24. The van der Waals surface area contributed by atoms with E-state index < -0.39 is 0 Å². The maximum absolute atomic E-state index is 6.03. The van der Waals surface area contributed by atoms with Crippen LogP contribution in [0, 0.1) is 0 Å². The van der Waals surface area contributed by atoms with Crippen LogP contribution in [0.4, 0.5) is 5.69 Å². The van der Waals surface area contributed by atoms with Crippen LogP contribution < -0.4 is 5.73 Å². The molecule has 0 aliphatic rings. The van der Waals surface area contributed by atoms with E-state index in [4.69, 9.17) is 5.73 Å². The zero-order valence-electron chi connectivity index (χ0n) is 11.5. The van der Waals surface area contributed by atoms with Crippen molar-refractivity contribution >= 4 is 5.69 Å². The molecule has 0 aliphatic heterocycles. The highest BCUT2D eigenvalue weighted by Gasteiger charge is 2.07. The van der Waals surface area contributed by atoms with Crippen LogP contribution in [0.1, 0.15) is 24.5 Å². The van der Waals surface area contributed by atoms with Gasteiger partial charge in [-0.15, -0.1) is 0 Å². The Morgan fingerprint density at radius 3 is 2.26 bits per heavy atom. The monoisotopic (exact) mass is 254 g/mol. The van der Waals surface area contributed by atoms with E-state index in [9.17, 15) is 0 Å². The van der Waals surface area contributed by atoms with Crippen molar-refractivity contribution in [3.05, 3.63) is 65.7 Å². The van der Waals surface area contributed by atoms with Crippen LogP contribution in [0.2, 0.25) is 0 Å². The van der Waals surface area contributed by atoms with Crippen LogP contribution in [0.15, 0.2) is 54.6 Å². The zero-order chi connectivity index (χ0) is 13.5. The highest BCUT2D eigenvalue weighted by molar-refractivity contribution is 5.46. The van der Waals surface area contributed by atoms with Crippen LogP contribution >= 0.6 is 0 Å². The Bertz CT molecular complexity index is 494. The molecule has 100 valence electrons. The number of anilines is 1. The van der Waals surface area contributed by atoms with E-state index in [-0.39, 0.29) is 0 Å². The summed E-state index contributed by atoms with van der Waals surface area (Å²) in [7, 11) is 0. The van der Waals surface area contributed by atoms with Crippen molar-refractivity contribution < 1.29 is 0 Å². The van der Waals surface area contributed by atoms with Gasteiger partial charge in [0.2, 0.25) is 0 Å². The van der Waals surface area contributed by atoms with Gasteiger partial charge in [0.1, 0.15) is 0 Å². The van der Waals surface area contributed by atoms with Gasteiger partial charge in [0.15, 0.2) is 0 Å². The molecule has 0 heterocycles. The summed E-state index contributed by atoms with van der Waals surface area (Å²) in [5.41, 5.74) is 9.48. The molecule has 19 heavy (non-hydrogen) atoms. The van der Waals surface area contributed by atoms with Gasteiger partial charge in [-0.25, -0.2) is 0 Å². The third kappa shape index (κ3) is 4.11. The highest BCUT2D eigenvalue weighted by Crippen LogP contribution is 2.15. The maximum atomic E-state index is 6.03. The lowest BCUT2D eigenvalue weighted by Crippen LogP contribution is -2.24. The number of rotatable bonds is 6. The number of hydrogen-bond acceptors (Lipinski definition) is 2. The Morgan fingerprint density at radius 2 is 1.58 bits per heavy atom. The van der Waals surface area contributed by atoms with E-state index in [1.807, 2.05) is 12.1 Å². The summed E-state index contributed by atoms with van der Waals surface area (Å²) in [6.45, 7) is 5.19. The molecule has 0 spiro atoms. The first-order chi connectivity index (χ1) is 9.29. The number of para-hydroxylation sites is 1. The molecule has 0 unspecified atom stereocenters. The average molecular weight is 254 g/mol. The summed E-state index contributed by atoms with van der Waals surface area (Å²) in [6.07, 6.45) is 1.15. The summed E-state index contributed by atoms with van der Waals surface area (Å²) in [4.78, 5) is 2.45. The van der Waals surface area contributed by atoms with Gasteiger partial charge >= 0.3 is 0 Å². The van der Waals surface area contributed by atoms with Crippen molar-refractivity contribution in [2.24, 2.45) is 0 Å². The first-order valence-corrected chi connectivity index (χ1v) is 6.89. The van der Waals surface area contributed by atoms with Crippen molar-refractivity contribution in [1.29, 1.82) is 0 Å². The summed E-state index contributed by atoms with van der Waals surface area (Å²) >= 11 is 0. The van der Waals surface area contributed by atoms with Crippen molar-refractivity contribution in [2.45, 2.75) is 26.4 Å². The molecule has 0 atom stereocenters. The molecule has 2 aromatic carbocycles. The number of nitrogens with two attached hydrogens (primary N) is 1. The Balaban J connectivity index is 2.06. The molecule has 2 rings (SSSR count). The normalized spacial score (nSPS) is 10.8. The predicted octanol–water partition coefficient (Wildman–Crippen LogP) is 3.68. The van der Waals surface area contributed by atoms with E-state index in [1.165, 1.54) is 11.1 Å². The molecule has 2 aromatic rings. The minimum absolute atomic E-state index is 0.886. The second-order valence-electron chi connectivity index (χ2n) is 4.90. The first kappa shape index (κ1) is 13.6. The lowest BCUT2D eigenvalue weighted by molar-refractivity contribution is 0.258. The van der Waals surface area contributed by atoms with Crippen molar-refractivity contribution in [3.8, 4) is 0 Å². The lowest BCUT2D eigenvalue weighted by Gasteiger charge is -2.22. The smallest absolute Gasteiger partial charge is 0.0359 e. The minimum Gasteiger partial charge on any atom is -0.398 e. The van der Waals surface area contributed by atoms with E-state index >= 15 is 0 Å². The van der Waals surface area contributed by atoms with Gasteiger partial charge in [-0.3, -0.25) is 4.90 Å². The number of hydrogen-bond donors (Lipinski definition) is 1. The van der Waals surface area contributed by atoms with Crippen LogP contribution in [0.5, 0.6) is 0 Å². The second-order valence-corrected chi connectivity index (χ2v) is 4.90. The van der Waals surface area contributed by atoms with Gasteiger partial charge in [0, 0.05) is 18.8 Å². The molecule has 0 saturated carbocycles. The molecular formula is C17H22N2. The molecule has 0 aromatic heterocycles. The molecule has 0 amide bonds. The van der Waals surface area contributed by atoms with E-state index in [0.717, 1.165) is 31.7 Å². The van der Waals surface area contributed by atoms with Gasteiger partial charge in [-0.1, -0.05) is 55.5 Å². The lowest BCUT2D eigenvalue weighted by atomic mass is 10.1. The van der Waals surface area contributed by atoms with Gasteiger partial charge in [-0.2, -0.15) is 0 Å². The van der Waals surface area contributed by atoms with Crippen molar-refractivity contribution in [3.63, 3.8) is 0 Å². The van der Waals surface area contributed by atoms with E-state index in [2.05, 4.69) is 54.3 Å². The fourth-order valence-electron chi connectivity index (χ4n) is 2.29. The summed E-state index contributed by atoms with van der Waals surface area (Å²) < 4.78 is 0. The summed E-state index contributed by atoms with van der Waals surface area (Å²) in [5, 5.41) is 0. The fourth-order valence-corrected chi connectivity index (χ4v) is 2.29. The van der Waals surface area contributed by atoms with Gasteiger partial charge in [-0.05, 0) is 30.2 Å². The largest absolute Gasteiger partial charge is 0.398 e. The molecule has 0 aliphatic carbocycles. The molecular weight excluding hydrogens is 232 g/mol. The number of benzene rings is 2. The number of nitrogens with zero attached hydrogens (tertiary/aromatic N) is 1. The topological polar surface area (TPSA) is 29.3 Å². The van der Waals surface area contributed by atoms with Crippen LogP contribution in [-0.2, 0) is 13.1 Å². The molecule has 2 N–H and O–H groups in total. The summed E-state index contributed by atoms with van der Waals surface area (Å²) in [5.74, 6) is 0. The Hall–Kier alpha value is -1.80. The van der Waals surface area contributed by atoms with E-state index in [0.29, 0.717) is 0 Å². The molecule has 0 bridgehead atoms.